The molecule has 0 bridgehead atoms. The van der Waals surface area contributed by atoms with Gasteiger partial charge in [-0.05, 0) is 61.7 Å². The molecule has 1 unspecified atom stereocenters. The van der Waals surface area contributed by atoms with Crippen molar-refractivity contribution in [3.8, 4) is 11.5 Å². The Morgan fingerprint density at radius 3 is 2.31 bits per heavy atom. The van der Waals surface area contributed by atoms with Gasteiger partial charge in [-0.15, -0.1) is 0 Å². The van der Waals surface area contributed by atoms with Gasteiger partial charge in [0.25, 0.3) is 11.7 Å². The van der Waals surface area contributed by atoms with Gasteiger partial charge in [-0.1, -0.05) is 19.1 Å². The first-order valence-corrected chi connectivity index (χ1v) is 12.2. The van der Waals surface area contributed by atoms with Crippen LogP contribution in [0.4, 0.5) is 0 Å². The highest BCUT2D eigenvalue weighted by Gasteiger charge is 2.45. The van der Waals surface area contributed by atoms with Crippen LogP contribution >= 0.6 is 0 Å². The van der Waals surface area contributed by atoms with E-state index < -0.39 is 17.7 Å². The molecule has 0 spiro atoms. The molecule has 2 aromatic carbocycles. The maximum Gasteiger partial charge on any atom is 0.295 e. The number of aliphatic hydroxyl groups is 1. The largest absolute Gasteiger partial charge is 0.507 e. The number of hydrogen-bond acceptors (Lipinski definition) is 6. The summed E-state index contributed by atoms with van der Waals surface area (Å²) in [7, 11) is 0. The van der Waals surface area contributed by atoms with Gasteiger partial charge in [0.05, 0.1) is 31.2 Å². The number of benzene rings is 2. The smallest absolute Gasteiger partial charge is 0.295 e. The molecule has 36 heavy (non-hydrogen) atoms. The van der Waals surface area contributed by atoms with E-state index in [-0.39, 0.29) is 11.3 Å². The summed E-state index contributed by atoms with van der Waals surface area (Å²) >= 11 is 0. The highest BCUT2D eigenvalue weighted by molar-refractivity contribution is 6.46. The minimum absolute atomic E-state index is 0.0778. The summed E-state index contributed by atoms with van der Waals surface area (Å²) in [5.74, 6) is -0.145. The zero-order valence-corrected chi connectivity index (χ0v) is 20.6. The highest BCUT2D eigenvalue weighted by atomic mass is 16.5. The number of ether oxygens (including phenoxy) is 2. The Morgan fingerprint density at radius 2 is 1.67 bits per heavy atom. The van der Waals surface area contributed by atoms with E-state index in [2.05, 4.69) is 4.98 Å². The lowest BCUT2D eigenvalue weighted by Gasteiger charge is -2.25. The summed E-state index contributed by atoms with van der Waals surface area (Å²) in [6.45, 7) is 6.05. The first-order valence-electron chi connectivity index (χ1n) is 12.2. The Balaban J connectivity index is 1.68. The lowest BCUT2D eigenvalue weighted by molar-refractivity contribution is -0.139. The number of nitrogens with zero attached hydrogens (tertiary/aromatic N) is 3. The molecule has 1 aromatic heterocycles. The zero-order chi connectivity index (χ0) is 25.5. The number of hydrogen-bond donors (Lipinski definition) is 1. The van der Waals surface area contributed by atoms with E-state index in [4.69, 9.17) is 9.47 Å². The molecule has 1 aliphatic heterocycles. The van der Waals surface area contributed by atoms with E-state index in [1.54, 1.807) is 41.7 Å². The fourth-order valence-electron chi connectivity index (χ4n) is 4.30. The highest BCUT2D eigenvalue weighted by Crippen LogP contribution is 2.40. The molecule has 0 aliphatic carbocycles. The van der Waals surface area contributed by atoms with Crippen LogP contribution in [0.3, 0.4) is 0 Å². The predicted molar refractivity (Wildman–Crippen MR) is 136 cm³/mol. The maximum atomic E-state index is 13.2. The normalized spacial score (nSPS) is 16.9. The minimum atomic E-state index is -0.709. The Morgan fingerprint density at radius 1 is 0.972 bits per heavy atom. The zero-order valence-electron chi connectivity index (χ0n) is 20.6. The molecule has 1 saturated heterocycles. The molecule has 1 amide bonds. The van der Waals surface area contributed by atoms with Crippen molar-refractivity contribution in [2.24, 2.45) is 0 Å². The Labute approximate surface area is 210 Å². The predicted octanol–water partition coefficient (Wildman–Crippen LogP) is 4.58. The van der Waals surface area contributed by atoms with E-state index >= 15 is 0 Å². The molecule has 188 valence electrons. The average Bonchev–Trinajstić information content (AvgIpc) is 3.50. The van der Waals surface area contributed by atoms with Crippen molar-refractivity contribution in [2.45, 2.75) is 39.3 Å². The molecule has 1 N–H and O–H groups in total. The second kappa shape index (κ2) is 11.6. The Kier molecular flexibility index (Phi) is 8.05. The van der Waals surface area contributed by atoms with Gasteiger partial charge < -0.3 is 24.0 Å². The molecule has 2 heterocycles. The third kappa shape index (κ3) is 5.43. The molecule has 8 heteroatoms. The van der Waals surface area contributed by atoms with E-state index in [0.29, 0.717) is 49.8 Å². The van der Waals surface area contributed by atoms with Crippen LogP contribution in [-0.2, 0) is 16.1 Å². The van der Waals surface area contributed by atoms with Crippen LogP contribution < -0.4 is 9.47 Å². The van der Waals surface area contributed by atoms with Crippen molar-refractivity contribution in [3.63, 3.8) is 0 Å². The Bertz CT molecular complexity index is 1200. The van der Waals surface area contributed by atoms with Gasteiger partial charge in [0.2, 0.25) is 0 Å². The van der Waals surface area contributed by atoms with Crippen LogP contribution in [0.15, 0.2) is 72.8 Å². The van der Waals surface area contributed by atoms with E-state index in [0.717, 1.165) is 12.0 Å². The lowest BCUT2D eigenvalue weighted by atomic mass is 9.95. The molecule has 1 atom stereocenters. The number of Topliss-reactive ketones (excluding diaryl/α,β-unsaturated/α-hetero) is 1. The number of carbonyl (C=O) groups excluding carboxylic acids is 2. The maximum absolute atomic E-state index is 13.2. The van der Waals surface area contributed by atoms with Gasteiger partial charge in [-0.2, -0.15) is 0 Å². The number of aryl methyl sites for hydroxylation is 1. The second-order valence-corrected chi connectivity index (χ2v) is 8.52. The SMILES string of the molecule is CCCOc1ccc(/C(O)=C2\C(=O)C(=O)N(CCCn3ccnc3)C2c2ccc(OCC)cc2)cc1. The number of imidazole rings is 1. The van der Waals surface area contributed by atoms with Crippen LogP contribution in [0.1, 0.15) is 43.9 Å². The molecule has 1 aliphatic rings. The number of aliphatic hydroxyl groups excluding tert-OH is 1. The summed E-state index contributed by atoms with van der Waals surface area (Å²) in [5.41, 5.74) is 1.25. The number of ketones is 1. The van der Waals surface area contributed by atoms with Gasteiger partial charge in [0.15, 0.2) is 0 Å². The van der Waals surface area contributed by atoms with Gasteiger partial charge in [-0.25, -0.2) is 4.98 Å². The third-order valence-corrected chi connectivity index (χ3v) is 6.02. The molecule has 8 nitrogen and oxygen atoms in total. The van der Waals surface area contributed by atoms with E-state index in [1.165, 1.54) is 0 Å². The van der Waals surface area contributed by atoms with Crippen molar-refractivity contribution in [1.82, 2.24) is 14.5 Å². The van der Waals surface area contributed by atoms with Crippen molar-refractivity contribution in [3.05, 3.63) is 84.0 Å². The van der Waals surface area contributed by atoms with Crippen LogP contribution in [-0.4, -0.2) is 51.0 Å². The van der Waals surface area contributed by atoms with Crippen LogP contribution in [0.25, 0.3) is 5.76 Å². The molecule has 3 aromatic rings. The van der Waals surface area contributed by atoms with Crippen LogP contribution in [0, 0.1) is 0 Å². The third-order valence-electron chi connectivity index (χ3n) is 6.02. The standard InChI is InChI=1S/C28H31N3O5/c1-3-18-36-23-12-8-21(9-13-23)26(32)24-25(20-6-10-22(11-7-20)35-4-2)31(28(34)27(24)33)16-5-15-30-17-14-29-19-30/h6-14,17,19,25,32H,3-5,15-16,18H2,1-2H3/b26-24+. The van der Waals surface area contributed by atoms with Crippen LogP contribution in [0.2, 0.25) is 0 Å². The first kappa shape index (κ1) is 25.0. The summed E-state index contributed by atoms with van der Waals surface area (Å²) in [5, 5.41) is 11.2. The van der Waals surface area contributed by atoms with Gasteiger partial charge in [0, 0.05) is 31.0 Å². The molecule has 1 fully saturated rings. The van der Waals surface area contributed by atoms with E-state index in [1.807, 2.05) is 48.9 Å². The molecule has 4 rings (SSSR count). The van der Waals surface area contributed by atoms with Crippen molar-refractivity contribution in [1.29, 1.82) is 0 Å². The molecule has 0 saturated carbocycles. The van der Waals surface area contributed by atoms with Gasteiger partial charge in [0.1, 0.15) is 17.3 Å². The number of amides is 1. The molecule has 0 radical (unpaired) electrons. The topological polar surface area (TPSA) is 93.9 Å². The lowest BCUT2D eigenvalue weighted by Crippen LogP contribution is -2.31. The fraction of sp³-hybridized carbons (Fsp3) is 0.321. The van der Waals surface area contributed by atoms with Crippen LogP contribution in [0.5, 0.6) is 11.5 Å². The van der Waals surface area contributed by atoms with Crippen molar-refractivity contribution >= 4 is 17.4 Å². The van der Waals surface area contributed by atoms with Crippen molar-refractivity contribution < 1.29 is 24.2 Å². The van der Waals surface area contributed by atoms with E-state index in [9.17, 15) is 14.7 Å². The summed E-state index contributed by atoms with van der Waals surface area (Å²) in [6.07, 6.45) is 6.77. The first-order chi connectivity index (χ1) is 17.5. The summed E-state index contributed by atoms with van der Waals surface area (Å²) in [6, 6.07) is 13.5. The summed E-state index contributed by atoms with van der Waals surface area (Å²) in [4.78, 5) is 31.9. The average molecular weight is 490 g/mol. The Hall–Kier alpha value is -4.07. The quantitative estimate of drug-likeness (QED) is 0.241. The van der Waals surface area contributed by atoms with Crippen molar-refractivity contribution in [2.75, 3.05) is 19.8 Å². The number of likely N-dealkylation sites (tertiary alicyclic amines) is 1. The monoisotopic (exact) mass is 489 g/mol. The molecular weight excluding hydrogens is 458 g/mol. The molecular formula is C28H31N3O5. The van der Waals surface area contributed by atoms with Gasteiger partial charge >= 0.3 is 0 Å². The number of carbonyl (C=O) groups is 2. The minimum Gasteiger partial charge on any atom is -0.507 e. The van der Waals surface area contributed by atoms with Gasteiger partial charge in [-0.3, -0.25) is 9.59 Å². The number of aromatic nitrogens is 2. The fourth-order valence-corrected chi connectivity index (χ4v) is 4.30. The second-order valence-electron chi connectivity index (χ2n) is 8.52. The number of rotatable bonds is 11. The summed E-state index contributed by atoms with van der Waals surface area (Å²) < 4.78 is 13.1.